The Balaban J connectivity index is 1.34. The number of pyridine rings is 1. The first-order valence-electron chi connectivity index (χ1n) is 13.5. The maximum atomic E-state index is 13.6. The van der Waals surface area contributed by atoms with Crippen molar-refractivity contribution in [3.05, 3.63) is 113 Å². The Hall–Kier alpha value is -4.92. The summed E-state index contributed by atoms with van der Waals surface area (Å²) in [4.78, 5) is 32.1. The van der Waals surface area contributed by atoms with Crippen LogP contribution in [-0.2, 0) is 11.2 Å². The Morgan fingerprint density at radius 1 is 1.02 bits per heavy atom. The van der Waals surface area contributed by atoms with Gasteiger partial charge in [0, 0.05) is 25.4 Å². The van der Waals surface area contributed by atoms with Crippen LogP contribution in [0.25, 0.3) is 0 Å². The summed E-state index contributed by atoms with van der Waals surface area (Å²) in [5, 5.41) is 2.89. The number of amides is 2. The summed E-state index contributed by atoms with van der Waals surface area (Å²) in [7, 11) is 0. The topological polar surface area (TPSA) is 90.0 Å². The van der Waals surface area contributed by atoms with Crippen LogP contribution in [0.5, 0.6) is 23.0 Å². The smallest absolute Gasteiger partial charge is 0.261 e. The van der Waals surface area contributed by atoms with E-state index in [1.165, 1.54) is 18.3 Å². The van der Waals surface area contributed by atoms with Crippen molar-refractivity contribution in [1.82, 2.24) is 15.2 Å². The minimum absolute atomic E-state index is 0.211. The molecule has 0 spiro atoms. The summed E-state index contributed by atoms with van der Waals surface area (Å²) < 4.78 is 31.4. The van der Waals surface area contributed by atoms with Crippen LogP contribution in [0.4, 0.5) is 4.39 Å². The second kappa shape index (κ2) is 11.7. The highest BCUT2D eigenvalue weighted by atomic mass is 19.1. The van der Waals surface area contributed by atoms with Crippen LogP contribution in [0, 0.1) is 5.82 Å². The van der Waals surface area contributed by atoms with Crippen molar-refractivity contribution in [2.24, 2.45) is 0 Å². The molecular formula is C32H28FN3O5. The van der Waals surface area contributed by atoms with Crippen LogP contribution >= 0.6 is 0 Å². The molecule has 41 heavy (non-hydrogen) atoms. The molecule has 9 heteroatoms. The minimum Gasteiger partial charge on any atom is -0.494 e. The predicted molar refractivity (Wildman–Crippen MR) is 149 cm³/mol. The highest BCUT2D eigenvalue weighted by Crippen LogP contribution is 2.38. The van der Waals surface area contributed by atoms with Crippen molar-refractivity contribution in [1.29, 1.82) is 0 Å². The van der Waals surface area contributed by atoms with E-state index in [1.807, 2.05) is 42.5 Å². The van der Waals surface area contributed by atoms with E-state index in [4.69, 9.17) is 14.2 Å². The van der Waals surface area contributed by atoms with E-state index in [1.54, 1.807) is 29.3 Å². The van der Waals surface area contributed by atoms with Gasteiger partial charge in [0.05, 0.1) is 24.4 Å². The van der Waals surface area contributed by atoms with E-state index in [9.17, 15) is 14.0 Å². The second-order valence-corrected chi connectivity index (χ2v) is 9.89. The number of nitrogens with zero attached hydrogens (tertiary/aromatic N) is 2. The molecule has 7 rings (SSSR count). The molecule has 0 saturated heterocycles. The third-order valence-corrected chi connectivity index (χ3v) is 7.08. The Morgan fingerprint density at radius 3 is 2.83 bits per heavy atom. The fourth-order valence-electron chi connectivity index (χ4n) is 5.16. The average molecular weight is 554 g/mol. The lowest BCUT2D eigenvalue weighted by atomic mass is 9.87. The molecule has 3 aliphatic rings. The van der Waals surface area contributed by atoms with Crippen LogP contribution < -0.4 is 19.5 Å². The Kier molecular flexibility index (Phi) is 7.49. The molecule has 1 N–H and O–H groups in total. The van der Waals surface area contributed by atoms with Crippen LogP contribution in [0.1, 0.15) is 39.5 Å². The Bertz CT molecular complexity index is 1590. The number of hydrogen-bond donors (Lipinski definition) is 1. The second-order valence-electron chi connectivity index (χ2n) is 9.89. The largest absolute Gasteiger partial charge is 0.494 e. The van der Waals surface area contributed by atoms with Gasteiger partial charge in [0.15, 0.2) is 6.61 Å². The summed E-state index contributed by atoms with van der Waals surface area (Å²) in [6.45, 7) is 1.07. The normalized spacial score (nSPS) is 16.5. The Morgan fingerprint density at radius 2 is 1.93 bits per heavy atom. The molecule has 0 aliphatic carbocycles. The van der Waals surface area contributed by atoms with Gasteiger partial charge in [-0.1, -0.05) is 24.3 Å². The zero-order valence-corrected chi connectivity index (χ0v) is 22.2. The van der Waals surface area contributed by atoms with E-state index in [0.29, 0.717) is 61.1 Å². The maximum absolute atomic E-state index is 13.6. The molecule has 1 aromatic heterocycles. The lowest BCUT2D eigenvalue weighted by Crippen LogP contribution is -2.43. The molecule has 1 atom stereocenters. The van der Waals surface area contributed by atoms with Gasteiger partial charge in [0.2, 0.25) is 0 Å². The fourth-order valence-corrected chi connectivity index (χ4v) is 5.16. The van der Waals surface area contributed by atoms with Gasteiger partial charge < -0.3 is 24.4 Å². The number of aromatic nitrogens is 1. The summed E-state index contributed by atoms with van der Waals surface area (Å²) in [6, 6.07) is 20.5. The quantitative estimate of drug-likeness (QED) is 0.381. The number of hydrogen-bond acceptors (Lipinski definition) is 6. The number of halogens is 1. The van der Waals surface area contributed by atoms with Crippen molar-refractivity contribution in [3.8, 4) is 23.0 Å². The molecule has 0 radical (unpaired) electrons. The monoisotopic (exact) mass is 553 g/mol. The summed E-state index contributed by atoms with van der Waals surface area (Å²) >= 11 is 0. The predicted octanol–water partition coefficient (Wildman–Crippen LogP) is 5.08. The SMILES string of the molecule is O=C1NCCCOc2cccc(c2)C2c3ccc(cc3CCN2C(=O)COc2cccc(F)c2)Oc2cncc1c2. The van der Waals surface area contributed by atoms with Crippen LogP contribution in [0.15, 0.2) is 85.2 Å². The van der Waals surface area contributed by atoms with Crippen molar-refractivity contribution in [2.75, 3.05) is 26.3 Å². The molecule has 0 fully saturated rings. The van der Waals surface area contributed by atoms with Gasteiger partial charge in [-0.3, -0.25) is 14.6 Å². The van der Waals surface area contributed by atoms with Crippen LogP contribution in [0.3, 0.4) is 0 Å². The van der Waals surface area contributed by atoms with Crippen molar-refractivity contribution in [3.63, 3.8) is 0 Å². The summed E-state index contributed by atoms with van der Waals surface area (Å²) in [6.07, 6.45) is 4.28. The molecule has 1 unspecified atom stereocenters. The Labute approximate surface area is 236 Å². The third-order valence-electron chi connectivity index (χ3n) is 7.08. The van der Waals surface area contributed by atoms with E-state index in [-0.39, 0.29) is 24.5 Å². The molecule has 4 heterocycles. The van der Waals surface area contributed by atoms with E-state index in [0.717, 1.165) is 16.7 Å². The lowest BCUT2D eigenvalue weighted by molar-refractivity contribution is -0.135. The van der Waals surface area contributed by atoms with Gasteiger partial charge in [-0.2, -0.15) is 0 Å². The number of carbonyl (C=O) groups excluding carboxylic acids is 2. The molecule has 8 nitrogen and oxygen atoms in total. The zero-order chi connectivity index (χ0) is 28.2. The van der Waals surface area contributed by atoms with E-state index in [2.05, 4.69) is 10.3 Å². The maximum Gasteiger partial charge on any atom is 0.261 e. The van der Waals surface area contributed by atoms with Crippen molar-refractivity contribution >= 4 is 11.8 Å². The van der Waals surface area contributed by atoms with Gasteiger partial charge in [-0.25, -0.2) is 4.39 Å². The van der Waals surface area contributed by atoms with Crippen LogP contribution in [0.2, 0.25) is 0 Å². The molecule has 4 aromatic rings. The number of ether oxygens (including phenoxy) is 3. The van der Waals surface area contributed by atoms with E-state index >= 15 is 0 Å². The minimum atomic E-state index is -0.426. The molecule has 2 amide bonds. The number of carbonyl (C=O) groups is 2. The lowest BCUT2D eigenvalue weighted by Gasteiger charge is -2.38. The molecule has 208 valence electrons. The standard InChI is InChI=1S/C32H28FN3O5/c33-24-5-2-7-26(17-24)40-20-30(37)36-12-10-21-14-27-8-9-29(21)31(36)22-4-1-6-25(15-22)39-13-3-11-35-32(38)23-16-28(41-27)19-34-18-23/h1-2,4-9,14-19,31H,3,10-13,20H2,(H,35,38). The molecule has 8 bridgehead atoms. The zero-order valence-electron chi connectivity index (χ0n) is 22.2. The fraction of sp³-hybridized carbons (Fsp3) is 0.219. The van der Waals surface area contributed by atoms with E-state index < -0.39 is 5.82 Å². The molecule has 3 aromatic carbocycles. The summed E-state index contributed by atoms with van der Waals surface area (Å²) in [5.41, 5.74) is 3.30. The molecule has 0 saturated carbocycles. The first kappa shape index (κ1) is 26.3. The molecular weight excluding hydrogens is 525 g/mol. The van der Waals surface area contributed by atoms with Crippen molar-refractivity contribution in [2.45, 2.75) is 18.9 Å². The van der Waals surface area contributed by atoms with Gasteiger partial charge in [-0.05, 0) is 72.0 Å². The molecule has 3 aliphatic heterocycles. The summed E-state index contributed by atoms with van der Waals surface area (Å²) in [5.74, 6) is 1.16. The van der Waals surface area contributed by atoms with Gasteiger partial charge >= 0.3 is 0 Å². The van der Waals surface area contributed by atoms with Crippen molar-refractivity contribution < 1.29 is 28.2 Å². The average Bonchev–Trinajstić information content (AvgIpc) is 2.99. The highest BCUT2D eigenvalue weighted by Gasteiger charge is 2.33. The van der Waals surface area contributed by atoms with Crippen LogP contribution in [-0.4, -0.2) is 48.0 Å². The third kappa shape index (κ3) is 5.99. The number of fused-ring (bicyclic) bond motifs is 6. The first-order valence-corrected chi connectivity index (χ1v) is 13.5. The van der Waals surface area contributed by atoms with Gasteiger partial charge in [0.1, 0.15) is 28.8 Å². The van der Waals surface area contributed by atoms with Gasteiger partial charge in [0.25, 0.3) is 11.8 Å². The first-order chi connectivity index (χ1) is 20.0. The number of rotatable bonds is 3. The number of nitrogens with one attached hydrogen (secondary N) is 1. The highest BCUT2D eigenvalue weighted by molar-refractivity contribution is 5.94. The van der Waals surface area contributed by atoms with Gasteiger partial charge in [-0.15, -0.1) is 0 Å². The number of benzene rings is 3.